The third kappa shape index (κ3) is 3.27. The second kappa shape index (κ2) is 6.38. The number of amides is 1. The molecule has 2 rings (SSSR count). The maximum Gasteiger partial charge on any atom is 0.332 e. The molecule has 1 heterocycles. The maximum absolute atomic E-state index is 12.1. The van der Waals surface area contributed by atoms with Crippen LogP contribution in [0.25, 0.3) is 0 Å². The van der Waals surface area contributed by atoms with Crippen LogP contribution in [-0.2, 0) is 11.2 Å². The van der Waals surface area contributed by atoms with Crippen molar-refractivity contribution in [2.45, 2.75) is 25.4 Å². The number of aliphatic hydroxyl groups is 1. The number of nitrogens with one attached hydrogen (secondary N) is 2. The highest BCUT2D eigenvalue weighted by Gasteiger charge is 2.18. The molecule has 1 aromatic rings. The van der Waals surface area contributed by atoms with Crippen molar-refractivity contribution in [2.75, 3.05) is 18.4 Å². The molecule has 0 aliphatic carbocycles. The first kappa shape index (κ1) is 14.3. The molecule has 1 aliphatic heterocycles. The van der Waals surface area contributed by atoms with Gasteiger partial charge in [-0.2, -0.15) is 0 Å². The van der Waals surface area contributed by atoms with Gasteiger partial charge in [-0.3, -0.25) is 4.79 Å². The highest BCUT2D eigenvalue weighted by molar-refractivity contribution is 5.97. The molecule has 1 atom stereocenters. The van der Waals surface area contributed by atoms with Crippen LogP contribution in [0, 0.1) is 0 Å². The number of benzene rings is 1. The normalized spacial score (nSPS) is 14.8. The number of carbonyl (C=O) groups is 2. The number of anilines is 1. The van der Waals surface area contributed by atoms with Gasteiger partial charge in [0.25, 0.3) is 5.91 Å². The molecule has 0 spiro atoms. The van der Waals surface area contributed by atoms with Gasteiger partial charge in [0.05, 0.1) is 0 Å². The van der Waals surface area contributed by atoms with Gasteiger partial charge in [0.2, 0.25) is 0 Å². The molecule has 0 fully saturated rings. The first-order valence-corrected chi connectivity index (χ1v) is 6.64. The van der Waals surface area contributed by atoms with E-state index in [1.54, 1.807) is 6.07 Å². The second-order valence-electron chi connectivity index (χ2n) is 4.76. The predicted molar refractivity (Wildman–Crippen MR) is 73.8 cm³/mol. The van der Waals surface area contributed by atoms with Gasteiger partial charge >= 0.3 is 5.97 Å². The Morgan fingerprint density at radius 1 is 1.40 bits per heavy atom. The lowest BCUT2D eigenvalue weighted by atomic mass is 9.97. The number of aliphatic carboxylic acids is 1. The zero-order valence-corrected chi connectivity index (χ0v) is 11.1. The average Bonchev–Trinajstić information content (AvgIpc) is 2.46. The minimum Gasteiger partial charge on any atom is -0.479 e. The van der Waals surface area contributed by atoms with Crippen molar-refractivity contribution in [2.24, 2.45) is 0 Å². The standard InChI is InChI=1S/C14H18N2O4/c17-12(14(19)20)6-8-16-13(18)10-3-1-5-11-9(10)4-2-7-15-11/h1,3,5,12,15,17H,2,4,6-8H2,(H,16,18)(H,19,20). The summed E-state index contributed by atoms with van der Waals surface area (Å²) in [6.45, 7) is 1.03. The average molecular weight is 278 g/mol. The van der Waals surface area contributed by atoms with Crippen LogP contribution in [-0.4, -0.2) is 41.3 Å². The number of carbonyl (C=O) groups excluding carboxylic acids is 1. The summed E-state index contributed by atoms with van der Waals surface area (Å²) in [5.74, 6) is -1.51. The van der Waals surface area contributed by atoms with E-state index in [4.69, 9.17) is 10.2 Å². The maximum atomic E-state index is 12.1. The quantitative estimate of drug-likeness (QED) is 0.632. The van der Waals surface area contributed by atoms with Gasteiger partial charge in [0, 0.05) is 30.8 Å². The van der Waals surface area contributed by atoms with Crippen molar-refractivity contribution in [3.8, 4) is 0 Å². The minimum absolute atomic E-state index is 0.00561. The molecular weight excluding hydrogens is 260 g/mol. The Bertz CT molecular complexity index is 516. The van der Waals surface area contributed by atoms with Gasteiger partial charge in [0.1, 0.15) is 0 Å². The Labute approximate surface area is 116 Å². The van der Waals surface area contributed by atoms with Crippen LogP contribution >= 0.6 is 0 Å². The van der Waals surface area contributed by atoms with Gasteiger partial charge in [0.15, 0.2) is 6.10 Å². The Morgan fingerprint density at radius 3 is 2.95 bits per heavy atom. The molecule has 4 N–H and O–H groups in total. The third-order valence-corrected chi connectivity index (χ3v) is 3.33. The van der Waals surface area contributed by atoms with E-state index in [9.17, 15) is 9.59 Å². The van der Waals surface area contributed by atoms with E-state index in [2.05, 4.69) is 10.6 Å². The molecule has 6 nitrogen and oxygen atoms in total. The Hall–Kier alpha value is -2.08. The molecule has 1 amide bonds. The number of carboxylic acids is 1. The summed E-state index contributed by atoms with van der Waals surface area (Å²) in [5, 5.41) is 23.6. The number of hydrogen-bond donors (Lipinski definition) is 4. The SMILES string of the molecule is O=C(NCCC(O)C(=O)O)c1cccc2c1CCCN2. The lowest BCUT2D eigenvalue weighted by molar-refractivity contribution is -0.146. The van der Waals surface area contributed by atoms with Gasteiger partial charge in [-0.05, 0) is 30.5 Å². The monoisotopic (exact) mass is 278 g/mol. The summed E-state index contributed by atoms with van der Waals surface area (Å²) in [5.41, 5.74) is 2.59. The summed E-state index contributed by atoms with van der Waals surface area (Å²) < 4.78 is 0. The van der Waals surface area contributed by atoms with E-state index in [1.807, 2.05) is 12.1 Å². The van der Waals surface area contributed by atoms with Crippen LogP contribution in [0.5, 0.6) is 0 Å². The van der Waals surface area contributed by atoms with Crippen LogP contribution in [0.4, 0.5) is 5.69 Å². The van der Waals surface area contributed by atoms with Crippen LogP contribution < -0.4 is 10.6 Å². The summed E-state index contributed by atoms with van der Waals surface area (Å²) in [7, 11) is 0. The van der Waals surface area contributed by atoms with Crippen molar-refractivity contribution >= 4 is 17.6 Å². The summed E-state index contributed by atoms with van der Waals surface area (Å²) >= 11 is 0. The van der Waals surface area contributed by atoms with E-state index in [0.717, 1.165) is 30.6 Å². The molecule has 0 bridgehead atoms. The fourth-order valence-electron chi connectivity index (χ4n) is 2.26. The van der Waals surface area contributed by atoms with Crippen LogP contribution in [0.3, 0.4) is 0 Å². The van der Waals surface area contributed by atoms with Crippen LogP contribution in [0.15, 0.2) is 18.2 Å². The smallest absolute Gasteiger partial charge is 0.332 e. The van der Waals surface area contributed by atoms with Crippen LogP contribution in [0.2, 0.25) is 0 Å². The molecule has 1 unspecified atom stereocenters. The molecule has 0 saturated carbocycles. The number of fused-ring (bicyclic) bond motifs is 1. The Kier molecular flexibility index (Phi) is 4.57. The molecule has 6 heteroatoms. The largest absolute Gasteiger partial charge is 0.479 e. The van der Waals surface area contributed by atoms with E-state index < -0.39 is 12.1 Å². The van der Waals surface area contributed by atoms with E-state index in [-0.39, 0.29) is 18.9 Å². The van der Waals surface area contributed by atoms with Gasteiger partial charge < -0.3 is 20.8 Å². The molecule has 0 aromatic heterocycles. The molecular formula is C14H18N2O4. The Balaban J connectivity index is 1.98. The van der Waals surface area contributed by atoms with E-state index in [0.29, 0.717) is 5.56 Å². The lowest BCUT2D eigenvalue weighted by Crippen LogP contribution is -2.31. The first-order valence-electron chi connectivity index (χ1n) is 6.64. The highest BCUT2D eigenvalue weighted by atomic mass is 16.4. The van der Waals surface area contributed by atoms with Crippen molar-refractivity contribution in [3.63, 3.8) is 0 Å². The predicted octanol–water partition coefficient (Wildman–Crippen LogP) is 0.610. The molecule has 0 saturated heterocycles. The molecule has 1 aromatic carbocycles. The van der Waals surface area contributed by atoms with Crippen molar-refractivity contribution < 1.29 is 19.8 Å². The number of hydrogen-bond acceptors (Lipinski definition) is 4. The number of carboxylic acid groups (broad SMARTS) is 1. The van der Waals surface area contributed by atoms with Crippen molar-refractivity contribution in [1.82, 2.24) is 5.32 Å². The van der Waals surface area contributed by atoms with Gasteiger partial charge in [-0.25, -0.2) is 4.79 Å². The number of aliphatic hydroxyl groups excluding tert-OH is 1. The van der Waals surface area contributed by atoms with Crippen molar-refractivity contribution in [1.29, 1.82) is 0 Å². The fourth-order valence-corrected chi connectivity index (χ4v) is 2.26. The van der Waals surface area contributed by atoms with E-state index >= 15 is 0 Å². The molecule has 1 aliphatic rings. The lowest BCUT2D eigenvalue weighted by Gasteiger charge is -2.20. The third-order valence-electron chi connectivity index (χ3n) is 3.33. The zero-order chi connectivity index (χ0) is 14.5. The number of rotatable bonds is 5. The topological polar surface area (TPSA) is 98.7 Å². The fraction of sp³-hybridized carbons (Fsp3) is 0.429. The Morgan fingerprint density at radius 2 is 2.20 bits per heavy atom. The van der Waals surface area contributed by atoms with Crippen molar-refractivity contribution in [3.05, 3.63) is 29.3 Å². The molecule has 20 heavy (non-hydrogen) atoms. The summed E-state index contributed by atoms with van der Waals surface area (Å²) in [4.78, 5) is 22.6. The second-order valence-corrected chi connectivity index (χ2v) is 4.76. The first-order chi connectivity index (χ1) is 9.59. The summed E-state index contributed by atoms with van der Waals surface area (Å²) in [6.07, 6.45) is 0.384. The highest BCUT2D eigenvalue weighted by Crippen LogP contribution is 2.25. The molecule has 0 radical (unpaired) electrons. The molecule has 108 valence electrons. The summed E-state index contributed by atoms with van der Waals surface area (Å²) in [6, 6.07) is 5.52. The van der Waals surface area contributed by atoms with E-state index in [1.165, 1.54) is 0 Å². The van der Waals surface area contributed by atoms with Gasteiger partial charge in [-0.1, -0.05) is 6.07 Å². The minimum atomic E-state index is -1.44. The van der Waals surface area contributed by atoms with Crippen LogP contribution in [0.1, 0.15) is 28.8 Å². The van der Waals surface area contributed by atoms with Gasteiger partial charge in [-0.15, -0.1) is 0 Å². The zero-order valence-electron chi connectivity index (χ0n) is 11.1.